The van der Waals surface area contributed by atoms with E-state index < -0.39 is 6.17 Å². The predicted molar refractivity (Wildman–Crippen MR) is 116 cm³/mol. The molecule has 3 aromatic rings. The number of rotatable bonds is 8. The summed E-state index contributed by atoms with van der Waals surface area (Å²) in [4.78, 5) is 17.6. The van der Waals surface area contributed by atoms with Gasteiger partial charge in [-0.2, -0.15) is 9.61 Å². The van der Waals surface area contributed by atoms with Crippen LogP contribution in [0.1, 0.15) is 30.9 Å². The Morgan fingerprint density at radius 3 is 2.87 bits per heavy atom. The first-order valence-electron chi connectivity index (χ1n) is 10.5. The Labute approximate surface area is 178 Å². The van der Waals surface area contributed by atoms with Gasteiger partial charge < -0.3 is 25.3 Å². The zero-order chi connectivity index (χ0) is 21.5. The number of alkyl halides is 1. The van der Waals surface area contributed by atoms with E-state index >= 15 is 0 Å². The molecule has 2 saturated carbocycles. The van der Waals surface area contributed by atoms with Crippen LogP contribution in [0.25, 0.3) is 5.65 Å². The fourth-order valence-corrected chi connectivity index (χ4v) is 4.04. The fourth-order valence-electron chi connectivity index (χ4n) is 4.04. The summed E-state index contributed by atoms with van der Waals surface area (Å²) < 4.78 is 21.9. The lowest BCUT2D eigenvalue weighted by atomic mass is 9.90. The number of methoxy groups -OCH3 is 1. The highest BCUT2D eigenvalue weighted by atomic mass is 19.1. The summed E-state index contributed by atoms with van der Waals surface area (Å²) in [5, 5.41) is 14.2. The number of halogens is 1. The highest BCUT2D eigenvalue weighted by Crippen LogP contribution is 2.33. The molecule has 0 saturated heterocycles. The molecule has 2 fully saturated rings. The zero-order valence-electron chi connectivity index (χ0n) is 17.5. The minimum absolute atomic E-state index is 0.0848. The molecule has 0 spiro atoms. The number of pyridine rings is 1. The number of nitrogens with zero attached hydrogens (tertiary/aromatic N) is 4. The van der Waals surface area contributed by atoms with E-state index in [1.807, 2.05) is 7.05 Å². The number of aromatic nitrogens is 4. The third kappa shape index (κ3) is 3.77. The molecule has 31 heavy (non-hydrogen) atoms. The van der Waals surface area contributed by atoms with Gasteiger partial charge in [0.2, 0.25) is 0 Å². The van der Waals surface area contributed by atoms with Crippen molar-refractivity contribution >= 4 is 23.0 Å². The maximum Gasteiger partial charge on any atom is 0.274 e. The highest BCUT2D eigenvalue weighted by molar-refractivity contribution is 5.64. The number of ether oxygens (including phenoxy) is 1. The lowest BCUT2D eigenvalue weighted by Gasteiger charge is -2.31. The Bertz CT molecular complexity index is 1150. The van der Waals surface area contributed by atoms with E-state index in [9.17, 15) is 9.18 Å². The predicted octanol–water partition coefficient (Wildman–Crippen LogP) is 2.23. The van der Waals surface area contributed by atoms with Gasteiger partial charge in [0, 0.05) is 50.6 Å². The second-order valence-electron chi connectivity index (χ2n) is 8.16. The lowest BCUT2D eigenvalue weighted by Crippen LogP contribution is -2.35. The molecule has 0 aromatic carbocycles. The molecule has 0 unspecified atom stereocenters. The van der Waals surface area contributed by atoms with E-state index in [4.69, 9.17) is 9.72 Å². The molecule has 3 aromatic heterocycles. The second-order valence-corrected chi connectivity index (χ2v) is 8.16. The largest absolute Gasteiger partial charge is 0.380 e. The van der Waals surface area contributed by atoms with Crippen LogP contribution in [0.5, 0.6) is 0 Å². The minimum atomic E-state index is -0.820. The maximum atomic E-state index is 13.3. The monoisotopic (exact) mass is 427 g/mol. The molecule has 2 aliphatic rings. The molecule has 0 bridgehead atoms. The molecule has 3 N–H and O–H groups in total. The Hall–Kier alpha value is -2.98. The van der Waals surface area contributed by atoms with Crippen molar-refractivity contribution in [1.82, 2.24) is 24.5 Å². The van der Waals surface area contributed by atoms with Crippen molar-refractivity contribution < 1.29 is 9.13 Å². The summed E-state index contributed by atoms with van der Waals surface area (Å²) in [5.74, 6) is 1.28. The quantitative estimate of drug-likeness (QED) is 0.507. The van der Waals surface area contributed by atoms with E-state index in [2.05, 4.69) is 21.0 Å². The first-order chi connectivity index (χ1) is 15.1. The first-order valence-corrected chi connectivity index (χ1v) is 10.5. The molecular weight excluding hydrogens is 401 g/mol. The Morgan fingerprint density at radius 1 is 1.32 bits per heavy atom. The number of fused-ring (bicyclic) bond motifs is 1. The number of hydrogen-bond donors (Lipinski definition) is 3. The summed E-state index contributed by atoms with van der Waals surface area (Å²) >= 11 is 0. The van der Waals surface area contributed by atoms with Crippen LogP contribution >= 0.6 is 0 Å². The topological polar surface area (TPSA) is 97.5 Å². The molecular formula is C21H26FN7O2. The van der Waals surface area contributed by atoms with Crippen LogP contribution in [-0.2, 0) is 11.3 Å². The molecule has 0 aliphatic heterocycles. The van der Waals surface area contributed by atoms with Gasteiger partial charge in [-0.15, -0.1) is 0 Å². The van der Waals surface area contributed by atoms with Crippen LogP contribution < -0.4 is 21.5 Å². The van der Waals surface area contributed by atoms with Gasteiger partial charge in [0.05, 0.1) is 12.3 Å². The first kappa shape index (κ1) is 20.0. The van der Waals surface area contributed by atoms with E-state index in [1.165, 1.54) is 0 Å². The van der Waals surface area contributed by atoms with Crippen LogP contribution in [-0.4, -0.2) is 51.6 Å². The normalized spacial score (nSPS) is 24.7. The molecule has 5 rings (SSSR count). The summed E-state index contributed by atoms with van der Waals surface area (Å²) in [6.07, 6.45) is 4.73. The fraction of sp³-hybridized carbons (Fsp3) is 0.476. The molecule has 9 nitrogen and oxygen atoms in total. The Balaban J connectivity index is 1.41. The van der Waals surface area contributed by atoms with Crippen molar-refractivity contribution in [2.24, 2.45) is 0 Å². The third-order valence-electron chi connectivity index (χ3n) is 6.08. The van der Waals surface area contributed by atoms with E-state index in [0.717, 1.165) is 17.8 Å². The van der Waals surface area contributed by atoms with Crippen molar-refractivity contribution in [3.05, 3.63) is 46.5 Å². The Kier molecular flexibility index (Phi) is 5.11. The average Bonchev–Trinajstić information content (AvgIpc) is 3.41. The number of hydrogen-bond acceptors (Lipinski definition) is 7. The standard InChI is InChI=1S/C21H26FN7O2/c1-23-19-9-18(26-15-4-3-5-28(21(15)30)14-6-13(22)7-14)27-20-12(11-25-29(19)20)10-24-16-8-17(16)31-2/h3-5,9,11,13-14,16-17,23-24H,6-8,10H2,1-2H3,(H,26,27)/t13?,14?,16-,17-/m1/s1. The van der Waals surface area contributed by atoms with Gasteiger partial charge in [0.1, 0.15) is 23.5 Å². The average molecular weight is 427 g/mol. The van der Waals surface area contributed by atoms with E-state index in [-0.39, 0.29) is 17.7 Å². The number of anilines is 3. The molecule has 0 radical (unpaired) electrons. The van der Waals surface area contributed by atoms with Gasteiger partial charge in [-0.3, -0.25) is 4.79 Å². The van der Waals surface area contributed by atoms with E-state index in [0.29, 0.717) is 42.6 Å². The van der Waals surface area contributed by atoms with Crippen molar-refractivity contribution in [2.45, 2.75) is 50.2 Å². The van der Waals surface area contributed by atoms with Gasteiger partial charge in [0.15, 0.2) is 5.65 Å². The van der Waals surface area contributed by atoms with Gasteiger partial charge in [-0.1, -0.05) is 0 Å². The summed E-state index contributed by atoms with van der Waals surface area (Å²) in [6, 6.07) is 5.58. The van der Waals surface area contributed by atoms with Crippen LogP contribution in [0.4, 0.5) is 21.7 Å². The van der Waals surface area contributed by atoms with Crippen LogP contribution in [0.3, 0.4) is 0 Å². The number of nitrogens with one attached hydrogen (secondary N) is 3. The molecule has 164 valence electrons. The van der Waals surface area contributed by atoms with Crippen LogP contribution in [0.15, 0.2) is 35.4 Å². The molecule has 2 atom stereocenters. The molecule has 10 heteroatoms. The highest BCUT2D eigenvalue weighted by Gasteiger charge is 2.36. The Morgan fingerprint density at radius 2 is 2.16 bits per heavy atom. The lowest BCUT2D eigenvalue weighted by molar-refractivity contribution is 0.134. The molecule has 0 amide bonds. The molecule has 3 heterocycles. The summed E-state index contributed by atoms with van der Waals surface area (Å²) in [7, 11) is 3.53. The van der Waals surface area contributed by atoms with Crippen molar-refractivity contribution in [1.29, 1.82) is 0 Å². The van der Waals surface area contributed by atoms with Crippen molar-refractivity contribution in [3.8, 4) is 0 Å². The maximum absolute atomic E-state index is 13.3. The van der Waals surface area contributed by atoms with Gasteiger partial charge >= 0.3 is 0 Å². The minimum Gasteiger partial charge on any atom is -0.380 e. The van der Waals surface area contributed by atoms with E-state index in [1.54, 1.807) is 46.8 Å². The zero-order valence-corrected chi connectivity index (χ0v) is 17.5. The third-order valence-corrected chi connectivity index (χ3v) is 6.08. The second kappa shape index (κ2) is 7.93. The van der Waals surface area contributed by atoms with Crippen LogP contribution in [0.2, 0.25) is 0 Å². The van der Waals surface area contributed by atoms with Gasteiger partial charge in [-0.25, -0.2) is 9.37 Å². The van der Waals surface area contributed by atoms with Crippen molar-refractivity contribution in [3.63, 3.8) is 0 Å². The van der Waals surface area contributed by atoms with Crippen LogP contribution in [0, 0.1) is 0 Å². The SMILES string of the molecule is CNc1cc(Nc2cccn(C3CC(F)C3)c2=O)nc2c(CN[C@@H]3C[C@H]3OC)cnn12. The summed E-state index contributed by atoms with van der Waals surface area (Å²) in [5.41, 5.74) is 1.88. The smallest absolute Gasteiger partial charge is 0.274 e. The van der Waals surface area contributed by atoms with Gasteiger partial charge in [-0.05, 0) is 31.4 Å². The molecule has 2 aliphatic carbocycles. The van der Waals surface area contributed by atoms with Crippen molar-refractivity contribution in [2.75, 3.05) is 24.8 Å². The van der Waals surface area contributed by atoms with Gasteiger partial charge in [0.25, 0.3) is 5.56 Å². The summed E-state index contributed by atoms with van der Waals surface area (Å²) in [6.45, 7) is 0.623.